The predicted octanol–water partition coefficient (Wildman–Crippen LogP) is 5.19. The van der Waals surface area contributed by atoms with Gasteiger partial charge < -0.3 is 5.32 Å². The van der Waals surface area contributed by atoms with Gasteiger partial charge in [0.05, 0.1) is 6.54 Å². The SMILES string of the molecule is CC1=C(C(=O)Cc2ccc3cnccc3c2)C(c2ccc(C)c(F)c2)n2nc(NC(=O)CN3CCCC3)cc2C1. The molecule has 1 amide bonds. The summed E-state index contributed by atoms with van der Waals surface area (Å²) in [5.41, 5.74) is 4.49. The van der Waals surface area contributed by atoms with Crippen LogP contribution in [-0.4, -0.2) is 51.0 Å². The van der Waals surface area contributed by atoms with Crippen LogP contribution in [0.25, 0.3) is 10.8 Å². The van der Waals surface area contributed by atoms with Crippen LogP contribution in [0.2, 0.25) is 0 Å². The normalized spacial score (nSPS) is 17.3. The van der Waals surface area contributed by atoms with Gasteiger partial charge in [0.15, 0.2) is 11.6 Å². The minimum Gasteiger partial charge on any atom is -0.308 e. The third-order valence-electron chi connectivity index (χ3n) is 7.95. The van der Waals surface area contributed by atoms with Crippen LogP contribution >= 0.6 is 0 Å². The second-order valence-electron chi connectivity index (χ2n) is 10.9. The van der Waals surface area contributed by atoms with Crippen molar-refractivity contribution in [1.29, 1.82) is 0 Å². The van der Waals surface area contributed by atoms with Crippen molar-refractivity contribution >= 4 is 28.3 Å². The van der Waals surface area contributed by atoms with Crippen LogP contribution in [-0.2, 0) is 22.4 Å². The lowest BCUT2D eigenvalue weighted by Crippen LogP contribution is -2.31. The first-order valence-electron chi connectivity index (χ1n) is 13.8. The largest absolute Gasteiger partial charge is 0.308 e. The number of amides is 1. The molecule has 1 N–H and O–H groups in total. The Hall–Kier alpha value is -4.17. The average molecular weight is 538 g/mol. The van der Waals surface area contributed by atoms with Crippen molar-refractivity contribution in [2.75, 3.05) is 25.0 Å². The fourth-order valence-corrected chi connectivity index (χ4v) is 5.90. The number of ketones is 1. The molecule has 7 nitrogen and oxygen atoms in total. The minimum atomic E-state index is -0.597. The van der Waals surface area contributed by atoms with E-state index in [1.165, 1.54) is 6.07 Å². The van der Waals surface area contributed by atoms with Gasteiger partial charge in [0, 0.05) is 48.0 Å². The third kappa shape index (κ3) is 5.19. The van der Waals surface area contributed by atoms with Crippen LogP contribution in [0.4, 0.5) is 10.2 Å². The first-order valence-corrected chi connectivity index (χ1v) is 13.8. The number of hydrogen-bond donors (Lipinski definition) is 1. The molecule has 1 atom stereocenters. The Balaban J connectivity index is 1.33. The molecule has 1 saturated heterocycles. The summed E-state index contributed by atoms with van der Waals surface area (Å²) in [6.45, 7) is 5.86. The molecule has 0 spiro atoms. The van der Waals surface area contributed by atoms with Crippen LogP contribution < -0.4 is 5.32 Å². The Morgan fingerprint density at radius 1 is 1.02 bits per heavy atom. The summed E-state index contributed by atoms with van der Waals surface area (Å²) in [4.78, 5) is 33.0. The number of nitrogens with zero attached hydrogens (tertiary/aromatic N) is 4. The van der Waals surface area contributed by atoms with Crippen molar-refractivity contribution < 1.29 is 14.0 Å². The van der Waals surface area contributed by atoms with Crippen LogP contribution in [0.5, 0.6) is 0 Å². The maximum Gasteiger partial charge on any atom is 0.239 e. The molecule has 1 unspecified atom stereocenters. The summed E-state index contributed by atoms with van der Waals surface area (Å²) >= 11 is 0. The highest BCUT2D eigenvalue weighted by molar-refractivity contribution is 6.00. The van der Waals surface area contributed by atoms with Crippen molar-refractivity contribution in [2.24, 2.45) is 0 Å². The van der Waals surface area contributed by atoms with Gasteiger partial charge in [-0.1, -0.05) is 35.9 Å². The Kier molecular flexibility index (Phi) is 7.02. The number of allylic oxidation sites excluding steroid dienone is 2. The van der Waals surface area contributed by atoms with E-state index in [9.17, 15) is 14.0 Å². The number of likely N-dealkylation sites (tertiary alicyclic amines) is 1. The highest BCUT2D eigenvalue weighted by Crippen LogP contribution is 2.38. The summed E-state index contributed by atoms with van der Waals surface area (Å²) in [5, 5.41) is 9.72. The molecule has 0 aliphatic carbocycles. The first kappa shape index (κ1) is 26.1. The number of fused-ring (bicyclic) bond motifs is 2. The zero-order valence-electron chi connectivity index (χ0n) is 22.8. The van der Waals surface area contributed by atoms with E-state index in [0.717, 1.165) is 53.5 Å². The summed E-state index contributed by atoms with van der Waals surface area (Å²) < 4.78 is 16.6. The van der Waals surface area contributed by atoms with Crippen molar-refractivity contribution in [2.45, 2.75) is 45.6 Å². The van der Waals surface area contributed by atoms with Crippen molar-refractivity contribution in [3.63, 3.8) is 0 Å². The average Bonchev–Trinajstić information content (AvgIpc) is 3.58. The summed E-state index contributed by atoms with van der Waals surface area (Å²) in [6, 6.07) is 14.2. The fraction of sp³-hybridized carbons (Fsp3) is 0.312. The Morgan fingerprint density at radius 3 is 2.65 bits per heavy atom. The number of Topliss-reactive ketones (excluding diaryl/α,β-unsaturated/α-hetero) is 1. The molecule has 4 heterocycles. The number of pyridine rings is 1. The number of aryl methyl sites for hydroxylation is 1. The molecular weight excluding hydrogens is 505 g/mol. The summed E-state index contributed by atoms with van der Waals surface area (Å²) in [5.74, 6) is -0.0228. The van der Waals surface area contributed by atoms with Gasteiger partial charge in [0.25, 0.3) is 0 Å². The van der Waals surface area contributed by atoms with E-state index in [1.54, 1.807) is 30.1 Å². The molecule has 8 heteroatoms. The van der Waals surface area contributed by atoms with Crippen LogP contribution in [0.15, 0.2) is 72.1 Å². The van der Waals surface area contributed by atoms with Crippen molar-refractivity contribution in [3.05, 3.63) is 100 Å². The highest BCUT2D eigenvalue weighted by Gasteiger charge is 2.33. The number of anilines is 1. The third-order valence-corrected chi connectivity index (χ3v) is 7.95. The topological polar surface area (TPSA) is 80.1 Å². The Morgan fingerprint density at radius 2 is 1.85 bits per heavy atom. The van der Waals surface area contributed by atoms with E-state index >= 15 is 0 Å². The lowest BCUT2D eigenvalue weighted by Gasteiger charge is -2.29. The number of carbonyl (C=O) groups is 2. The quantitative estimate of drug-likeness (QED) is 0.351. The number of benzene rings is 2. The van der Waals surface area contributed by atoms with E-state index in [-0.39, 0.29) is 23.9 Å². The van der Waals surface area contributed by atoms with Gasteiger partial charge >= 0.3 is 0 Å². The smallest absolute Gasteiger partial charge is 0.239 e. The minimum absolute atomic E-state index is 0.0299. The molecule has 204 valence electrons. The first-order chi connectivity index (χ1) is 19.4. The van der Waals surface area contributed by atoms with E-state index in [4.69, 9.17) is 5.10 Å². The monoisotopic (exact) mass is 537 g/mol. The van der Waals surface area contributed by atoms with Gasteiger partial charge in [-0.3, -0.25) is 24.2 Å². The number of hydrogen-bond acceptors (Lipinski definition) is 5. The van der Waals surface area contributed by atoms with E-state index < -0.39 is 6.04 Å². The number of aromatic nitrogens is 3. The standard InChI is InChI=1S/C32H32FN5O2/c1-20-5-7-24(16-27(20)33)32-31(28(39)15-22-6-8-25-18-34-10-9-23(25)14-22)21(2)13-26-17-29(36-38(26)32)35-30(40)19-37-11-3-4-12-37/h5-10,14,16-18,32H,3-4,11-13,15,19H2,1-2H3,(H,35,36,40). The van der Waals surface area contributed by atoms with E-state index in [2.05, 4.69) is 15.2 Å². The zero-order chi connectivity index (χ0) is 27.8. The van der Waals surface area contributed by atoms with Gasteiger partial charge in [-0.15, -0.1) is 0 Å². The second kappa shape index (κ2) is 10.8. The molecule has 40 heavy (non-hydrogen) atoms. The molecule has 6 rings (SSSR count). The molecule has 0 radical (unpaired) electrons. The molecule has 2 aliphatic rings. The molecule has 0 saturated carbocycles. The maximum atomic E-state index is 14.8. The van der Waals surface area contributed by atoms with Gasteiger partial charge in [0.1, 0.15) is 11.9 Å². The van der Waals surface area contributed by atoms with Gasteiger partial charge in [0.2, 0.25) is 5.91 Å². The molecule has 4 aromatic rings. The van der Waals surface area contributed by atoms with Crippen molar-refractivity contribution in [1.82, 2.24) is 19.7 Å². The molecule has 0 bridgehead atoms. The van der Waals surface area contributed by atoms with E-state index in [1.807, 2.05) is 43.3 Å². The predicted molar refractivity (Wildman–Crippen MR) is 153 cm³/mol. The maximum absolute atomic E-state index is 14.8. The lowest BCUT2D eigenvalue weighted by molar-refractivity contribution is -0.117. The molecule has 2 aromatic carbocycles. The number of halogens is 1. The zero-order valence-corrected chi connectivity index (χ0v) is 22.8. The summed E-state index contributed by atoms with van der Waals surface area (Å²) in [6.07, 6.45) is 6.50. The number of rotatable bonds is 7. The Bertz CT molecular complexity index is 1650. The van der Waals surface area contributed by atoms with Gasteiger partial charge in [-0.2, -0.15) is 5.10 Å². The van der Waals surface area contributed by atoms with E-state index in [0.29, 0.717) is 35.5 Å². The summed E-state index contributed by atoms with van der Waals surface area (Å²) in [7, 11) is 0. The number of carbonyl (C=O) groups excluding carboxylic acids is 2. The Labute approximate surface area is 232 Å². The lowest BCUT2D eigenvalue weighted by atomic mass is 9.85. The van der Waals surface area contributed by atoms with Crippen LogP contribution in [0, 0.1) is 12.7 Å². The molecule has 2 aromatic heterocycles. The van der Waals surface area contributed by atoms with Crippen molar-refractivity contribution in [3.8, 4) is 0 Å². The van der Waals surface area contributed by atoms with Crippen LogP contribution in [0.1, 0.15) is 48.2 Å². The number of nitrogens with one attached hydrogen (secondary N) is 1. The highest BCUT2D eigenvalue weighted by atomic mass is 19.1. The second-order valence-corrected chi connectivity index (χ2v) is 10.9. The van der Waals surface area contributed by atoms with Gasteiger partial charge in [-0.05, 0) is 74.0 Å². The molecular formula is C32H32FN5O2. The molecule has 2 aliphatic heterocycles. The van der Waals surface area contributed by atoms with Gasteiger partial charge in [-0.25, -0.2) is 4.39 Å². The van der Waals surface area contributed by atoms with Crippen LogP contribution in [0.3, 0.4) is 0 Å². The fourth-order valence-electron chi connectivity index (χ4n) is 5.90. The molecule has 1 fully saturated rings.